The van der Waals surface area contributed by atoms with Crippen LogP contribution in [-0.2, 0) is 14.4 Å². The van der Waals surface area contributed by atoms with Crippen LogP contribution >= 0.6 is 0 Å². The van der Waals surface area contributed by atoms with Gasteiger partial charge in [-0.25, -0.2) is 0 Å². The molecule has 6 atom stereocenters. The zero-order valence-corrected chi connectivity index (χ0v) is 18.4. The monoisotopic (exact) mass is 471 g/mol. The number of fused-ring (bicyclic) bond motifs is 3. The van der Waals surface area contributed by atoms with Gasteiger partial charge in [0.25, 0.3) is 5.91 Å². The first-order chi connectivity index (χ1) is 15.8. The van der Waals surface area contributed by atoms with Crippen LogP contribution in [0.1, 0.15) is 24.0 Å². The number of hydrogen-bond acceptors (Lipinski definition) is 10. The van der Waals surface area contributed by atoms with Gasteiger partial charge in [-0.15, -0.1) is 0 Å². The zero-order chi connectivity index (χ0) is 25.4. The molecule has 3 aliphatic rings. The van der Waals surface area contributed by atoms with E-state index < -0.39 is 81.4 Å². The van der Waals surface area contributed by atoms with Crippen molar-refractivity contribution in [3.8, 4) is 5.75 Å². The van der Waals surface area contributed by atoms with Gasteiger partial charge in [-0.05, 0) is 26.1 Å². The Labute approximate surface area is 192 Å². The van der Waals surface area contributed by atoms with Crippen LogP contribution in [0.5, 0.6) is 5.75 Å². The summed E-state index contributed by atoms with van der Waals surface area (Å²) in [5, 5.41) is 64.7. The Bertz CT molecular complexity index is 1280. The summed E-state index contributed by atoms with van der Waals surface area (Å²) >= 11 is 0. The van der Waals surface area contributed by atoms with E-state index >= 15 is 0 Å². The van der Waals surface area contributed by atoms with Gasteiger partial charge in [-0.2, -0.15) is 0 Å². The van der Waals surface area contributed by atoms with Crippen LogP contribution < -0.4 is 5.73 Å². The number of benzene rings is 1. The third-order valence-corrected chi connectivity index (χ3v) is 7.19. The van der Waals surface area contributed by atoms with Crippen LogP contribution in [0.4, 0.5) is 5.69 Å². The minimum atomic E-state index is -2.97. The van der Waals surface area contributed by atoms with Gasteiger partial charge in [0.15, 0.2) is 16.4 Å². The number of ketones is 2. The lowest BCUT2D eigenvalue weighted by molar-refractivity contribution is -0.169. The molecule has 3 aliphatic carbocycles. The van der Waals surface area contributed by atoms with Crippen LogP contribution in [-0.4, -0.2) is 79.7 Å². The summed E-state index contributed by atoms with van der Waals surface area (Å²) in [6.45, 7) is 1.55. The predicted molar refractivity (Wildman–Crippen MR) is 115 cm³/mol. The number of aliphatic hydroxyl groups excluding tert-OH is 3. The lowest BCUT2D eigenvalue weighted by Crippen LogP contribution is -2.70. The molecule has 12 nitrogen and oxygen atoms in total. The summed E-state index contributed by atoms with van der Waals surface area (Å²) in [6, 6.07) is 0.963. The molecule has 0 radical (unpaired) electrons. The van der Waals surface area contributed by atoms with Gasteiger partial charge in [-0.1, -0.05) is 6.92 Å². The Hall–Kier alpha value is -3.79. The number of likely N-dealkylation sites (N-methyl/N-ethyl adjacent to an activating group) is 1. The molecule has 1 saturated carbocycles. The molecule has 7 N–H and O–H groups in total. The van der Waals surface area contributed by atoms with E-state index in [4.69, 9.17) is 5.73 Å². The molecule has 0 spiro atoms. The summed E-state index contributed by atoms with van der Waals surface area (Å²) in [5.74, 6) is -9.93. The number of aromatic hydroxyl groups is 1. The fraction of sp³-hybridized carbons (Fsp3) is 0.409. The van der Waals surface area contributed by atoms with Crippen molar-refractivity contribution >= 4 is 28.9 Å². The number of nitrogens with two attached hydrogens (primary N) is 1. The first kappa shape index (κ1) is 23.4. The maximum atomic E-state index is 13.7. The highest BCUT2D eigenvalue weighted by Gasteiger charge is 2.68. The number of amides is 1. The molecule has 0 aromatic heterocycles. The second-order valence-corrected chi connectivity index (χ2v) is 9.04. The Morgan fingerprint density at radius 1 is 1.21 bits per heavy atom. The van der Waals surface area contributed by atoms with Crippen LogP contribution in [0, 0.1) is 17.2 Å². The fourth-order valence-corrected chi connectivity index (χ4v) is 5.76. The molecule has 0 bridgehead atoms. The van der Waals surface area contributed by atoms with E-state index in [9.17, 15) is 45.3 Å². The van der Waals surface area contributed by atoms with E-state index in [0.29, 0.717) is 0 Å². The van der Waals surface area contributed by atoms with Crippen molar-refractivity contribution in [3.05, 3.63) is 45.1 Å². The number of rotatable bonds is 2. The third kappa shape index (κ3) is 2.62. The molecule has 4 rings (SSSR count). The number of carbonyl (C=O) groups excluding carboxylic acids is 3. The largest absolute Gasteiger partial charge is 0.508 e. The van der Waals surface area contributed by atoms with Crippen LogP contribution in [0.25, 0.3) is 10.7 Å². The lowest BCUT2D eigenvalue weighted by Gasteiger charge is -2.53. The van der Waals surface area contributed by atoms with Crippen LogP contribution in [0.3, 0.4) is 0 Å². The molecule has 0 saturated heterocycles. The number of diazo groups is 1. The minimum absolute atomic E-state index is 0.0333. The van der Waals surface area contributed by atoms with E-state index in [-0.39, 0.29) is 16.8 Å². The summed E-state index contributed by atoms with van der Waals surface area (Å²) in [4.78, 5) is 43.2. The third-order valence-electron chi connectivity index (χ3n) is 7.19. The normalized spacial score (nSPS) is 32.8. The molecule has 1 aromatic carbocycles. The second kappa shape index (κ2) is 7.36. The molecular formula is C22H23N4O8+. The Morgan fingerprint density at radius 2 is 1.82 bits per heavy atom. The van der Waals surface area contributed by atoms with E-state index in [1.807, 2.05) is 0 Å². The molecule has 0 heterocycles. The quantitative estimate of drug-likeness (QED) is 0.251. The summed E-state index contributed by atoms with van der Waals surface area (Å²) in [5.41, 5.74) is 0.642. The number of phenolic OH excluding ortho intramolecular Hbond substituents is 1. The van der Waals surface area contributed by atoms with E-state index in [0.717, 1.165) is 6.07 Å². The van der Waals surface area contributed by atoms with Gasteiger partial charge in [0.1, 0.15) is 22.8 Å². The van der Waals surface area contributed by atoms with Gasteiger partial charge in [-0.3, -0.25) is 19.3 Å². The molecule has 3 unspecified atom stereocenters. The first-order valence-corrected chi connectivity index (χ1v) is 10.4. The molecule has 1 fully saturated rings. The minimum Gasteiger partial charge on any atom is -0.508 e. The van der Waals surface area contributed by atoms with Gasteiger partial charge in [0.05, 0.1) is 29.2 Å². The van der Waals surface area contributed by atoms with Gasteiger partial charge >= 0.3 is 5.69 Å². The number of nitrogens with zero attached hydrogens (tertiary/aromatic N) is 3. The second-order valence-electron chi connectivity index (χ2n) is 9.04. The molecule has 0 aliphatic heterocycles. The number of carbonyl (C=O) groups is 3. The summed E-state index contributed by atoms with van der Waals surface area (Å²) in [7, 11) is 2.84. The number of hydrogen-bond donors (Lipinski definition) is 6. The van der Waals surface area contributed by atoms with Crippen molar-refractivity contribution < 1.29 is 39.9 Å². The maximum absolute atomic E-state index is 13.7. The van der Waals surface area contributed by atoms with Crippen LogP contribution in [0.2, 0.25) is 0 Å². The molecule has 178 valence electrons. The maximum Gasteiger partial charge on any atom is 0.389 e. The lowest BCUT2D eigenvalue weighted by atomic mass is 9.54. The Kier molecular flexibility index (Phi) is 5.06. The Balaban J connectivity index is 2.10. The smallest absolute Gasteiger partial charge is 0.389 e. The molecular weight excluding hydrogens is 448 g/mol. The highest BCUT2D eigenvalue weighted by Crippen LogP contribution is 2.57. The zero-order valence-electron chi connectivity index (χ0n) is 18.4. The highest BCUT2D eigenvalue weighted by atomic mass is 16.4. The number of primary amides is 1. The molecule has 12 heteroatoms. The van der Waals surface area contributed by atoms with Crippen molar-refractivity contribution in [2.24, 2.45) is 17.6 Å². The van der Waals surface area contributed by atoms with Crippen molar-refractivity contribution in [1.82, 2.24) is 4.90 Å². The highest BCUT2D eigenvalue weighted by molar-refractivity contribution is 6.24. The van der Waals surface area contributed by atoms with Crippen molar-refractivity contribution in [3.63, 3.8) is 0 Å². The van der Waals surface area contributed by atoms with E-state index in [1.165, 1.54) is 25.1 Å². The molecule has 1 amide bonds. The number of Topliss-reactive ketones (excluding diaryl/α,β-unsaturated/α-hetero) is 2. The van der Waals surface area contributed by atoms with Crippen molar-refractivity contribution in [1.29, 1.82) is 5.39 Å². The van der Waals surface area contributed by atoms with Gasteiger partial charge in [0.2, 0.25) is 11.2 Å². The fourth-order valence-electron chi connectivity index (χ4n) is 5.76. The van der Waals surface area contributed by atoms with E-state index in [2.05, 4.69) is 4.98 Å². The SMILES string of the molecule is C[C@H]1c2c([N+]#N)ccc(O)c2C(O)=C2C(=O)[C@]3(O)C(O)=C(C(N)=O)C(=O)[C@@H](N(C)C)C3C(O)C21. The Morgan fingerprint density at radius 3 is 2.35 bits per heavy atom. The molecule has 34 heavy (non-hydrogen) atoms. The standard InChI is InChI=1S/C22H22N4O8/c1-6-9-7(25-24)4-5-8(27)11(9)16(28)12-10(6)17(29)14-15(26(2)3)18(30)13(21(23)33)20(32)22(14,34)19(12)31/h4-6,10,14-15,17,29,34H,1-3H3,(H4-,23,27,28,30,31,32,33)/p+1/t6-,10?,14?,15-,17?,22-/m0/s1. The van der Waals surface area contributed by atoms with Crippen LogP contribution in [0.15, 0.2) is 29.0 Å². The summed E-state index contributed by atoms with van der Waals surface area (Å²) < 4.78 is 0. The average Bonchev–Trinajstić information content (AvgIpc) is 2.75. The van der Waals surface area contributed by atoms with Crippen molar-refractivity contribution in [2.75, 3.05) is 14.1 Å². The predicted octanol–water partition coefficient (Wildman–Crippen LogP) is -0.0196. The first-order valence-electron chi connectivity index (χ1n) is 10.4. The van der Waals surface area contributed by atoms with Gasteiger partial charge in [0, 0.05) is 17.6 Å². The van der Waals surface area contributed by atoms with Gasteiger partial charge < -0.3 is 31.3 Å². The van der Waals surface area contributed by atoms with Crippen molar-refractivity contribution in [2.45, 2.75) is 30.6 Å². The average molecular weight is 471 g/mol. The molecule has 1 aromatic rings. The summed E-state index contributed by atoms with van der Waals surface area (Å²) in [6.07, 6.45) is -1.72. The topological polar surface area (TPSA) is 210 Å². The van der Waals surface area contributed by atoms with E-state index in [1.54, 1.807) is 6.92 Å². The number of aliphatic hydroxyl groups is 4. The number of phenols is 1.